The smallest absolute Gasteiger partial charge is 0 e. The fourth-order valence-corrected chi connectivity index (χ4v) is 1.42. The second-order valence-corrected chi connectivity index (χ2v) is 2.85. The van der Waals surface area contributed by atoms with Crippen LogP contribution in [0.2, 0.25) is 0 Å². The molecule has 0 aliphatic heterocycles. The summed E-state index contributed by atoms with van der Waals surface area (Å²) in [4.78, 5) is 0. The van der Waals surface area contributed by atoms with Gasteiger partial charge in [0, 0.05) is 21.7 Å². The molecule has 0 unspecified atom stereocenters. The first-order valence-electron chi connectivity index (χ1n) is 4.04. The summed E-state index contributed by atoms with van der Waals surface area (Å²) in [5, 5.41) is 2.73. The molecular formula is C11H11Ti-. The molecule has 0 saturated carbocycles. The van der Waals surface area contributed by atoms with Crippen molar-refractivity contribution in [2.75, 3.05) is 0 Å². The molecule has 0 radical (unpaired) electrons. The van der Waals surface area contributed by atoms with Crippen LogP contribution in [0.4, 0.5) is 0 Å². The Labute approximate surface area is 87.8 Å². The van der Waals surface area contributed by atoms with E-state index in [-0.39, 0.29) is 21.7 Å². The summed E-state index contributed by atoms with van der Waals surface area (Å²) in [6.07, 6.45) is 1.13. The van der Waals surface area contributed by atoms with Crippen LogP contribution in [-0.4, -0.2) is 0 Å². The van der Waals surface area contributed by atoms with Crippen molar-refractivity contribution in [3.63, 3.8) is 0 Å². The van der Waals surface area contributed by atoms with Crippen molar-refractivity contribution < 1.29 is 21.7 Å². The van der Waals surface area contributed by atoms with Crippen molar-refractivity contribution in [1.29, 1.82) is 0 Å². The van der Waals surface area contributed by atoms with Gasteiger partial charge in [0.15, 0.2) is 0 Å². The van der Waals surface area contributed by atoms with Gasteiger partial charge in [0.1, 0.15) is 0 Å². The van der Waals surface area contributed by atoms with E-state index in [1.54, 1.807) is 0 Å². The Bertz CT molecular complexity index is 327. The van der Waals surface area contributed by atoms with E-state index in [2.05, 4.69) is 43.3 Å². The van der Waals surface area contributed by atoms with Crippen LogP contribution in [0.5, 0.6) is 0 Å². The second kappa shape index (κ2) is 3.98. The van der Waals surface area contributed by atoms with E-state index in [4.69, 9.17) is 0 Å². The van der Waals surface area contributed by atoms with Gasteiger partial charge in [-0.1, -0.05) is 13.0 Å². The minimum Gasteiger partial charge on any atom is -0.165 e. The number of fused-ring (bicyclic) bond motifs is 1. The topological polar surface area (TPSA) is 0 Å². The van der Waals surface area contributed by atoms with Gasteiger partial charge in [0.2, 0.25) is 0 Å². The Hall–Kier alpha value is -0.456. The molecule has 60 valence electrons. The van der Waals surface area contributed by atoms with E-state index in [9.17, 15) is 0 Å². The molecule has 0 fully saturated rings. The number of aryl methyl sites for hydroxylation is 1. The first-order valence-corrected chi connectivity index (χ1v) is 4.04. The Balaban J connectivity index is 0.000000720. The van der Waals surface area contributed by atoms with Crippen LogP contribution >= 0.6 is 0 Å². The summed E-state index contributed by atoms with van der Waals surface area (Å²) in [6, 6.07) is 13.0. The van der Waals surface area contributed by atoms with Gasteiger partial charge < -0.3 is 0 Å². The van der Waals surface area contributed by atoms with E-state index in [0.29, 0.717) is 0 Å². The standard InChI is InChI=1S/C11H11.Ti/c1-2-9-7-10-5-3-4-6-11(10)8-9;/h3-8H,2H2,1H3;/q-1;. The fraction of sp³-hybridized carbons (Fsp3) is 0.182. The van der Waals surface area contributed by atoms with Crippen LogP contribution in [-0.2, 0) is 28.1 Å². The van der Waals surface area contributed by atoms with Crippen molar-refractivity contribution in [2.24, 2.45) is 0 Å². The first-order chi connectivity index (χ1) is 5.40. The second-order valence-electron chi connectivity index (χ2n) is 2.85. The minimum atomic E-state index is 0. The molecule has 0 saturated heterocycles. The van der Waals surface area contributed by atoms with Crippen LogP contribution in [0.25, 0.3) is 10.8 Å². The van der Waals surface area contributed by atoms with E-state index in [1.807, 2.05) is 0 Å². The third kappa shape index (κ3) is 1.65. The molecule has 2 rings (SSSR count). The summed E-state index contributed by atoms with van der Waals surface area (Å²) < 4.78 is 0. The minimum absolute atomic E-state index is 0. The van der Waals surface area contributed by atoms with Crippen LogP contribution in [0.3, 0.4) is 0 Å². The molecule has 0 spiro atoms. The summed E-state index contributed by atoms with van der Waals surface area (Å²) in [6.45, 7) is 2.19. The predicted molar refractivity (Wildman–Crippen MR) is 48.9 cm³/mol. The molecule has 0 N–H and O–H groups in total. The molecule has 1 heteroatoms. The number of hydrogen-bond donors (Lipinski definition) is 0. The molecule has 0 aliphatic carbocycles. The third-order valence-corrected chi connectivity index (χ3v) is 2.09. The van der Waals surface area contributed by atoms with Crippen LogP contribution < -0.4 is 0 Å². The first kappa shape index (κ1) is 9.63. The van der Waals surface area contributed by atoms with Gasteiger partial charge in [-0.15, -0.1) is 40.6 Å². The van der Waals surface area contributed by atoms with E-state index in [0.717, 1.165) is 6.42 Å². The Kier molecular flexibility index (Phi) is 3.19. The average Bonchev–Trinajstić information content (AvgIpc) is 2.46. The molecule has 0 aliphatic rings. The molecule has 2 aromatic rings. The number of rotatable bonds is 1. The average molecular weight is 191 g/mol. The molecule has 0 bridgehead atoms. The monoisotopic (exact) mass is 191 g/mol. The van der Waals surface area contributed by atoms with Crippen LogP contribution in [0.1, 0.15) is 12.5 Å². The van der Waals surface area contributed by atoms with Crippen molar-refractivity contribution in [3.8, 4) is 0 Å². The molecule has 2 aromatic carbocycles. The molecule has 0 aromatic heterocycles. The molecular weight excluding hydrogens is 180 g/mol. The van der Waals surface area contributed by atoms with Gasteiger partial charge in [0.25, 0.3) is 0 Å². The van der Waals surface area contributed by atoms with Crippen molar-refractivity contribution >= 4 is 10.8 Å². The summed E-state index contributed by atoms with van der Waals surface area (Å²) in [5.74, 6) is 0. The zero-order valence-electron chi connectivity index (χ0n) is 7.17. The summed E-state index contributed by atoms with van der Waals surface area (Å²) in [5.41, 5.74) is 1.44. The van der Waals surface area contributed by atoms with E-state index in [1.165, 1.54) is 16.3 Å². The Morgan fingerprint density at radius 1 is 1.25 bits per heavy atom. The molecule has 0 heterocycles. The van der Waals surface area contributed by atoms with Crippen molar-refractivity contribution in [2.45, 2.75) is 13.3 Å². The summed E-state index contributed by atoms with van der Waals surface area (Å²) >= 11 is 0. The van der Waals surface area contributed by atoms with Crippen LogP contribution in [0.15, 0.2) is 36.4 Å². The van der Waals surface area contributed by atoms with Gasteiger partial charge >= 0.3 is 0 Å². The van der Waals surface area contributed by atoms with Crippen molar-refractivity contribution in [3.05, 3.63) is 42.0 Å². The normalized spacial score (nSPS) is 9.75. The van der Waals surface area contributed by atoms with Crippen LogP contribution in [0, 0.1) is 0 Å². The maximum Gasteiger partial charge on any atom is 0 e. The SMILES string of the molecule is CCc1cc2ccccc2[cH-]1.[Ti]. The zero-order chi connectivity index (χ0) is 7.68. The van der Waals surface area contributed by atoms with Crippen molar-refractivity contribution in [1.82, 2.24) is 0 Å². The largest absolute Gasteiger partial charge is 0.165 e. The van der Waals surface area contributed by atoms with Gasteiger partial charge in [-0.05, 0) is 6.42 Å². The molecule has 0 nitrogen and oxygen atoms in total. The molecule has 12 heavy (non-hydrogen) atoms. The van der Waals surface area contributed by atoms with Gasteiger partial charge in [0.05, 0.1) is 0 Å². The predicted octanol–water partition coefficient (Wildman–Crippen LogP) is 3.12. The van der Waals surface area contributed by atoms with E-state index >= 15 is 0 Å². The Morgan fingerprint density at radius 2 is 2.00 bits per heavy atom. The van der Waals surface area contributed by atoms with E-state index < -0.39 is 0 Å². The number of benzene rings is 1. The van der Waals surface area contributed by atoms with Gasteiger partial charge in [-0.25, -0.2) is 0 Å². The third-order valence-electron chi connectivity index (χ3n) is 2.09. The van der Waals surface area contributed by atoms with Gasteiger partial charge in [-0.3, -0.25) is 0 Å². The Morgan fingerprint density at radius 3 is 2.67 bits per heavy atom. The van der Waals surface area contributed by atoms with Gasteiger partial charge in [-0.2, -0.15) is 6.07 Å². The number of hydrogen-bond acceptors (Lipinski definition) is 0. The maximum atomic E-state index is 2.26. The summed E-state index contributed by atoms with van der Waals surface area (Å²) in [7, 11) is 0. The fourth-order valence-electron chi connectivity index (χ4n) is 1.42. The molecule has 0 atom stereocenters. The molecule has 0 amide bonds. The maximum absolute atomic E-state index is 2.26. The quantitative estimate of drug-likeness (QED) is 0.479. The zero-order valence-corrected chi connectivity index (χ0v) is 8.73.